The predicted octanol–water partition coefficient (Wildman–Crippen LogP) is 3.33. The zero-order valence-corrected chi connectivity index (χ0v) is 11.8. The zero-order chi connectivity index (χ0) is 13.0. The first-order chi connectivity index (χ1) is 8.65. The molecule has 0 aliphatic heterocycles. The van der Waals surface area contributed by atoms with Crippen molar-refractivity contribution in [1.29, 1.82) is 0 Å². The van der Waals surface area contributed by atoms with Crippen LogP contribution in [-0.4, -0.2) is 15.5 Å². The topological polar surface area (TPSA) is 46.9 Å². The summed E-state index contributed by atoms with van der Waals surface area (Å²) in [4.78, 5) is 15.7. The number of hydrogen-bond donors (Lipinski definition) is 1. The molecule has 18 heavy (non-hydrogen) atoms. The summed E-state index contributed by atoms with van der Waals surface area (Å²) in [6.07, 6.45) is 5.59. The van der Waals surface area contributed by atoms with Crippen LogP contribution in [0.15, 0.2) is 41.4 Å². The van der Waals surface area contributed by atoms with E-state index in [1.807, 2.05) is 10.8 Å². The maximum absolute atomic E-state index is 11.7. The van der Waals surface area contributed by atoms with Crippen LogP contribution in [0.5, 0.6) is 0 Å². The van der Waals surface area contributed by atoms with E-state index in [0.717, 1.165) is 10.2 Å². The number of nitrogens with one attached hydrogen (secondary N) is 1. The maximum Gasteiger partial charge on any atom is 0.226 e. The van der Waals surface area contributed by atoms with Crippen molar-refractivity contribution in [1.82, 2.24) is 9.55 Å². The van der Waals surface area contributed by atoms with Gasteiger partial charge in [-0.05, 0) is 34.1 Å². The van der Waals surface area contributed by atoms with E-state index in [4.69, 9.17) is 11.6 Å². The number of nitrogens with zero attached hydrogens (tertiary/aromatic N) is 2. The third kappa shape index (κ3) is 3.58. The summed E-state index contributed by atoms with van der Waals surface area (Å²) in [6, 6.07) is 5.24. The Labute approximate surface area is 118 Å². The van der Waals surface area contributed by atoms with Crippen molar-refractivity contribution >= 4 is 39.1 Å². The normalized spacial score (nSPS) is 10.3. The molecule has 2 aromatic rings. The zero-order valence-electron chi connectivity index (χ0n) is 9.44. The smallest absolute Gasteiger partial charge is 0.226 e. The van der Waals surface area contributed by atoms with Gasteiger partial charge < -0.3 is 9.88 Å². The molecule has 0 spiro atoms. The molecule has 1 N–H and O–H groups in total. The van der Waals surface area contributed by atoms with Gasteiger partial charge in [0.1, 0.15) is 0 Å². The molecule has 0 aliphatic carbocycles. The Morgan fingerprint density at radius 2 is 2.33 bits per heavy atom. The van der Waals surface area contributed by atoms with Crippen LogP contribution in [-0.2, 0) is 11.3 Å². The number of aryl methyl sites for hydroxylation is 1. The van der Waals surface area contributed by atoms with Crippen LogP contribution in [0.1, 0.15) is 6.42 Å². The van der Waals surface area contributed by atoms with Crippen LogP contribution in [0.2, 0.25) is 5.02 Å². The molecular weight excluding hydrogens is 318 g/mol. The van der Waals surface area contributed by atoms with Crippen LogP contribution in [0.3, 0.4) is 0 Å². The fourth-order valence-corrected chi connectivity index (χ4v) is 2.24. The van der Waals surface area contributed by atoms with Gasteiger partial charge in [0.25, 0.3) is 0 Å². The third-order valence-corrected chi connectivity index (χ3v) is 3.25. The van der Waals surface area contributed by atoms with E-state index in [2.05, 4.69) is 26.2 Å². The van der Waals surface area contributed by atoms with Gasteiger partial charge in [-0.25, -0.2) is 4.98 Å². The lowest BCUT2D eigenvalue weighted by Crippen LogP contribution is -2.14. The van der Waals surface area contributed by atoms with Crippen LogP contribution < -0.4 is 5.32 Å². The summed E-state index contributed by atoms with van der Waals surface area (Å²) < 4.78 is 2.63. The molecule has 0 fully saturated rings. The highest BCUT2D eigenvalue weighted by molar-refractivity contribution is 9.10. The number of amides is 1. The summed E-state index contributed by atoms with van der Waals surface area (Å²) in [5.41, 5.74) is 0.718. The second-order valence-corrected chi connectivity index (χ2v) is 5.01. The first-order valence-corrected chi connectivity index (χ1v) is 6.53. The molecule has 0 bridgehead atoms. The van der Waals surface area contributed by atoms with Crippen molar-refractivity contribution in [2.24, 2.45) is 0 Å². The fourth-order valence-electron chi connectivity index (χ4n) is 1.45. The lowest BCUT2D eigenvalue weighted by atomic mass is 10.3. The Morgan fingerprint density at radius 1 is 1.50 bits per heavy atom. The summed E-state index contributed by atoms with van der Waals surface area (Å²) in [6.45, 7) is 0.608. The summed E-state index contributed by atoms with van der Waals surface area (Å²) in [7, 11) is 0. The minimum absolute atomic E-state index is 0.0493. The van der Waals surface area contributed by atoms with E-state index in [-0.39, 0.29) is 5.91 Å². The number of aromatic nitrogens is 2. The van der Waals surface area contributed by atoms with Crippen molar-refractivity contribution < 1.29 is 4.79 Å². The van der Waals surface area contributed by atoms with Gasteiger partial charge >= 0.3 is 0 Å². The van der Waals surface area contributed by atoms with Gasteiger partial charge in [0.05, 0.1) is 12.0 Å². The van der Waals surface area contributed by atoms with E-state index in [1.165, 1.54) is 0 Å². The highest BCUT2D eigenvalue weighted by atomic mass is 79.9. The largest absolute Gasteiger partial charge is 0.337 e. The third-order valence-electron chi connectivity index (χ3n) is 2.36. The van der Waals surface area contributed by atoms with E-state index < -0.39 is 0 Å². The van der Waals surface area contributed by atoms with Crippen molar-refractivity contribution in [2.75, 3.05) is 5.32 Å². The van der Waals surface area contributed by atoms with Crippen LogP contribution in [0.25, 0.3) is 0 Å². The molecule has 1 amide bonds. The minimum Gasteiger partial charge on any atom is -0.337 e. The van der Waals surface area contributed by atoms with Crippen molar-refractivity contribution in [3.63, 3.8) is 0 Å². The number of hydrogen-bond acceptors (Lipinski definition) is 2. The molecule has 0 atom stereocenters. The second-order valence-electron chi connectivity index (χ2n) is 3.72. The summed E-state index contributed by atoms with van der Waals surface area (Å²) in [5.74, 6) is -0.0493. The number of carbonyl (C=O) groups is 1. The SMILES string of the molecule is O=C(CCn1ccnc1)Nc1ccc(Cl)cc1Br. The molecule has 94 valence electrons. The molecule has 6 heteroatoms. The molecule has 0 aliphatic rings. The monoisotopic (exact) mass is 327 g/mol. The molecule has 2 rings (SSSR count). The van der Waals surface area contributed by atoms with Gasteiger partial charge in [0, 0.05) is 34.9 Å². The lowest BCUT2D eigenvalue weighted by Gasteiger charge is -2.08. The molecule has 1 aromatic carbocycles. The fraction of sp³-hybridized carbons (Fsp3) is 0.167. The number of rotatable bonds is 4. The van der Waals surface area contributed by atoms with E-state index in [1.54, 1.807) is 30.7 Å². The van der Waals surface area contributed by atoms with Crippen molar-refractivity contribution in [3.05, 3.63) is 46.4 Å². The lowest BCUT2D eigenvalue weighted by molar-refractivity contribution is -0.116. The van der Waals surface area contributed by atoms with Gasteiger partial charge in [0.15, 0.2) is 0 Å². The second kappa shape index (κ2) is 6.02. The number of carbonyl (C=O) groups excluding carboxylic acids is 1. The number of imidazole rings is 1. The van der Waals surface area contributed by atoms with E-state index in [9.17, 15) is 4.79 Å². The Balaban J connectivity index is 1.91. The quantitative estimate of drug-likeness (QED) is 0.936. The predicted molar refractivity (Wildman–Crippen MR) is 74.6 cm³/mol. The highest BCUT2D eigenvalue weighted by Crippen LogP contribution is 2.25. The number of anilines is 1. The van der Waals surface area contributed by atoms with E-state index >= 15 is 0 Å². The molecule has 0 saturated carbocycles. The summed E-state index contributed by atoms with van der Waals surface area (Å²) >= 11 is 9.18. The average molecular weight is 329 g/mol. The maximum atomic E-state index is 11.7. The molecule has 1 aromatic heterocycles. The van der Waals surface area contributed by atoms with Gasteiger partial charge in [-0.2, -0.15) is 0 Å². The standard InChI is InChI=1S/C12H11BrClN3O/c13-10-7-9(14)1-2-11(10)16-12(18)3-5-17-6-4-15-8-17/h1-2,4,6-8H,3,5H2,(H,16,18). The number of halogens is 2. The molecule has 4 nitrogen and oxygen atoms in total. The molecule has 0 radical (unpaired) electrons. The van der Waals surface area contributed by atoms with Gasteiger partial charge in [0.2, 0.25) is 5.91 Å². The highest BCUT2D eigenvalue weighted by Gasteiger charge is 2.06. The molecular formula is C12H11BrClN3O. The molecule has 0 saturated heterocycles. The Morgan fingerprint density at radius 3 is 3.00 bits per heavy atom. The Kier molecular flexibility index (Phi) is 4.38. The van der Waals surface area contributed by atoms with Crippen LogP contribution in [0.4, 0.5) is 5.69 Å². The first-order valence-electron chi connectivity index (χ1n) is 5.36. The molecule has 0 unspecified atom stereocenters. The van der Waals surface area contributed by atoms with Crippen LogP contribution >= 0.6 is 27.5 Å². The minimum atomic E-state index is -0.0493. The Bertz CT molecular complexity index is 542. The average Bonchev–Trinajstić information content (AvgIpc) is 2.83. The van der Waals surface area contributed by atoms with Gasteiger partial charge in [-0.3, -0.25) is 4.79 Å². The van der Waals surface area contributed by atoms with Crippen LogP contribution in [0, 0.1) is 0 Å². The van der Waals surface area contributed by atoms with Crippen molar-refractivity contribution in [3.8, 4) is 0 Å². The molecule has 1 heterocycles. The van der Waals surface area contributed by atoms with E-state index in [0.29, 0.717) is 18.0 Å². The first kappa shape index (κ1) is 13.1. The number of benzene rings is 1. The summed E-state index contributed by atoms with van der Waals surface area (Å²) in [5, 5.41) is 3.45. The van der Waals surface area contributed by atoms with Crippen molar-refractivity contribution in [2.45, 2.75) is 13.0 Å². The Hall–Kier alpha value is -1.33. The van der Waals surface area contributed by atoms with Gasteiger partial charge in [-0.15, -0.1) is 0 Å². The van der Waals surface area contributed by atoms with Gasteiger partial charge in [-0.1, -0.05) is 11.6 Å².